The van der Waals surface area contributed by atoms with Crippen molar-refractivity contribution in [3.63, 3.8) is 0 Å². The molecular weight excluding hydrogens is 309 g/mol. The largest absolute Gasteiger partial charge is 0.441 e. The maximum Gasteiger partial charge on any atom is 0.222 e. The molecule has 5 nitrogen and oxygen atoms in total. The van der Waals surface area contributed by atoms with E-state index in [2.05, 4.69) is 4.98 Å². The first-order valence-electron chi connectivity index (χ1n) is 7.96. The minimum Gasteiger partial charge on any atom is -0.441 e. The summed E-state index contributed by atoms with van der Waals surface area (Å²) in [6, 6.07) is 6.36. The molecule has 2 rings (SSSR count). The van der Waals surface area contributed by atoms with Crippen molar-refractivity contribution < 1.29 is 13.6 Å². The smallest absolute Gasteiger partial charge is 0.222 e. The Morgan fingerprint density at radius 2 is 2.08 bits per heavy atom. The molecule has 130 valence electrons. The standard InChI is InChI=1S/C18H24FN3O2/c1-18(2,11-20)12-22(3)17(23)9-8-16-21-10-15(24-16)13-6-4-5-7-14(13)19/h4-7,10H,8-9,11-12,20H2,1-3H3. The molecule has 1 heterocycles. The van der Waals surface area contributed by atoms with Crippen LogP contribution in [0.1, 0.15) is 26.2 Å². The summed E-state index contributed by atoms with van der Waals surface area (Å²) in [4.78, 5) is 18.0. The minimum atomic E-state index is -0.361. The van der Waals surface area contributed by atoms with Crippen molar-refractivity contribution in [2.24, 2.45) is 11.1 Å². The third-order valence-corrected chi connectivity index (χ3v) is 3.89. The summed E-state index contributed by atoms with van der Waals surface area (Å²) in [5.74, 6) is 0.434. The zero-order chi connectivity index (χ0) is 17.7. The summed E-state index contributed by atoms with van der Waals surface area (Å²) >= 11 is 0. The van der Waals surface area contributed by atoms with Crippen LogP contribution in [0.3, 0.4) is 0 Å². The summed E-state index contributed by atoms with van der Waals surface area (Å²) in [5, 5.41) is 0. The molecule has 0 radical (unpaired) electrons. The number of hydrogen-bond acceptors (Lipinski definition) is 4. The van der Waals surface area contributed by atoms with Crippen LogP contribution >= 0.6 is 0 Å². The number of carbonyl (C=O) groups is 1. The summed E-state index contributed by atoms with van der Waals surface area (Å²) in [5.41, 5.74) is 5.94. The summed E-state index contributed by atoms with van der Waals surface area (Å²) in [6.07, 6.45) is 2.15. The number of nitrogens with zero attached hydrogens (tertiary/aromatic N) is 2. The predicted molar refractivity (Wildman–Crippen MR) is 90.7 cm³/mol. The molecule has 0 aliphatic carbocycles. The van der Waals surface area contributed by atoms with Crippen molar-refractivity contribution in [3.8, 4) is 11.3 Å². The molecule has 1 amide bonds. The molecule has 0 spiro atoms. The van der Waals surface area contributed by atoms with Crippen molar-refractivity contribution in [2.45, 2.75) is 26.7 Å². The van der Waals surface area contributed by atoms with E-state index in [9.17, 15) is 9.18 Å². The van der Waals surface area contributed by atoms with Gasteiger partial charge in [0.1, 0.15) is 5.82 Å². The second-order valence-corrected chi connectivity index (χ2v) is 6.72. The van der Waals surface area contributed by atoms with Crippen LogP contribution in [-0.4, -0.2) is 35.9 Å². The second-order valence-electron chi connectivity index (χ2n) is 6.72. The molecular formula is C18H24FN3O2. The molecule has 0 fully saturated rings. The van der Waals surface area contributed by atoms with Gasteiger partial charge in [-0.3, -0.25) is 4.79 Å². The molecule has 2 aromatic rings. The van der Waals surface area contributed by atoms with Gasteiger partial charge in [-0.1, -0.05) is 26.0 Å². The van der Waals surface area contributed by atoms with Gasteiger partial charge < -0.3 is 15.1 Å². The monoisotopic (exact) mass is 333 g/mol. The van der Waals surface area contributed by atoms with Gasteiger partial charge in [0, 0.05) is 26.4 Å². The Morgan fingerprint density at radius 1 is 1.38 bits per heavy atom. The lowest BCUT2D eigenvalue weighted by Gasteiger charge is -2.29. The van der Waals surface area contributed by atoms with E-state index < -0.39 is 0 Å². The molecule has 2 N–H and O–H groups in total. The Bertz CT molecular complexity index is 697. The van der Waals surface area contributed by atoms with Crippen LogP contribution in [0.25, 0.3) is 11.3 Å². The Kier molecular flexibility index (Phi) is 5.72. The number of carbonyl (C=O) groups excluding carboxylic acids is 1. The van der Waals surface area contributed by atoms with Gasteiger partial charge in [-0.25, -0.2) is 9.37 Å². The van der Waals surface area contributed by atoms with Gasteiger partial charge in [0.05, 0.1) is 11.8 Å². The first-order valence-corrected chi connectivity index (χ1v) is 7.96. The zero-order valence-corrected chi connectivity index (χ0v) is 14.4. The van der Waals surface area contributed by atoms with Gasteiger partial charge in [0.25, 0.3) is 0 Å². The van der Waals surface area contributed by atoms with Crippen LogP contribution in [0, 0.1) is 11.2 Å². The van der Waals surface area contributed by atoms with E-state index in [1.807, 2.05) is 13.8 Å². The van der Waals surface area contributed by atoms with Crippen LogP contribution in [-0.2, 0) is 11.2 Å². The van der Waals surface area contributed by atoms with Crippen molar-refractivity contribution in [3.05, 3.63) is 42.2 Å². The molecule has 1 aromatic heterocycles. The first-order chi connectivity index (χ1) is 11.3. The number of aryl methyl sites for hydroxylation is 1. The molecule has 24 heavy (non-hydrogen) atoms. The molecule has 0 aliphatic heterocycles. The van der Waals surface area contributed by atoms with Gasteiger partial charge in [-0.2, -0.15) is 0 Å². The highest BCUT2D eigenvalue weighted by Crippen LogP contribution is 2.23. The molecule has 0 unspecified atom stereocenters. The lowest BCUT2D eigenvalue weighted by atomic mass is 9.93. The zero-order valence-electron chi connectivity index (χ0n) is 14.4. The minimum absolute atomic E-state index is 0.00201. The predicted octanol–water partition coefficient (Wildman–Crippen LogP) is 2.86. The van der Waals surface area contributed by atoms with Crippen molar-refractivity contribution in [1.29, 1.82) is 0 Å². The number of nitrogens with two attached hydrogens (primary N) is 1. The lowest BCUT2D eigenvalue weighted by molar-refractivity contribution is -0.131. The first kappa shape index (κ1) is 18.1. The highest BCUT2D eigenvalue weighted by atomic mass is 19.1. The van der Waals surface area contributed by atoms with E-state index in [-0.39, 0.29) is 23.6 Å². The average molecular weight is 333 g/mol. The molecule has 0 bridgehead atoms. The van der Waals surface area contributed by atoms with Crippen molar-refractivity contribution >= 4 is 5.91 Å². The van der Waals surface area contributed by atoms with E-state index in [0.717, 1.165) is 0 Å². The number of oxazole rings is 1. The summed E-state index contributed by atoms with van der Waals surface area (Å²) < 4.78 is 19.3. The van der Waals surface area contributed by atoms with Gasteiger partial charge in [-0.15, -0.1) is 0 Å². The van der Waals surface area contributed by atoms with Gasteiger partial charge in [-0.05, 0) is 24.1 Å². The van der Waals surface area contributed by atoms with Gasteiger partial charge in [0.2, 0.25) is 5.91 Å². The third kappa shape index (κ3) is 4.64. The van der Waals surface area contributed by atoms with E-state index in [1.54, 1.807) is 30.1 Å². The van der Waals surface area contributed by atoms with Crippen LogP contribution in [0.2, 0.25) is 0 Å². The molecule has 0 atom stereocenters. The Morgan fingerprint density at radius 3 is 2.75 bits per heavy atom. The highest BCUT2D eigenvalue weighted by molar-refractivity contribution is 5.76. The molecule has 0 saturated heterocycles. The number of halogens is 1. The van der Waals surface area contributed by atoms with Crippen LogP contribution in [0.4, 0.5) is 4.39 Å². The summed E-state index contributed by atoms with van der Waals surface area (Å²) in [7, 11) is 1.76. The van der Waals surface area contributed by atoms with Crippen molar-refractivity contribution in [1.82, 2.24) is 9.88 Å². The number of rotatable bonds is 7. The topological polar surface area (TPSA) is 72.4 Å². The Balaban J connectivity index is 1.94. The maximum absolute atomic E-state index is 13.7. The number of aromatic nitrogens is 1. The lowest BCUT2D eigenvalue weighted by Crippen LogP contribution is -2.39. The normalized spacial score (nSPS) is 11.5. The van der Waals surface area contributed by atoms with E-state index in [1.165, 1.54) is 12.3 Å². The van der Waals surface area contributed by atoms with E-state index in [4.69, 9.17) is 10.2 Å². The fourth-order valence-electron chi connectivity index (χ4n) is 2.41. The molecule has 0 aliphatic rings. The van der Waals surface area contributed by atoms with Crippen LogP contribution < -0.4 is 5.73 Å². The van der Waals surface area contributed by atoms with E-state index in [0.29, 0.717) is 36.7 Å². The fraction of sp³-hybridized carbons (Fsp3) is 0.444. The quantitative estimate of drug-likeness (QED) is 0.845. The Labute approximate surface area is 141 Å². The Hall–Kier alpha value is -2.21. The van der Waals surface area contributed by atoms with Gasteiger partial charge in [0.15, 0.2) is 11.7 Å². The maximum atomic E-state index is 13.7. The number of amides is 1. The SMILES string of the molecule is CN(CC(C)(C)CN)C(=O)CCc1ncc(-c2ccccc2F)o1. The number of benzene rings is 1. The highest BCUT2D eigenvalue weighted by Gasteiger charge is 2.21. The average Bonchev–Trinajstić information content (AvgIpc) is 3.01. The summed E-state index contributed by atoms with van der Waals surface area (Å²) in [6.45, 7) is 5.14. The fourth-order valence-corrected chi connectivity index (χ4v) is 2.41. The van der Waals surface area contributed by atoms with Crippen LogP contribution in [0.5, 0.6) is 0 Å². The number of hydrogen-bond donors (Lipinski definition) is 1. The van der Waals surface area contributed by atoms with Gasteiger partial charge >= 0.3 is 0 Å². The van der Waals surface area contributed by atoms with E-state index >= 15 is 0 Å². The van der Waals surface area contributed by atoms with Crippen LogP contribution in [0.15, 0.2) is 34.9 Å². The third-order valence-electron chi connectivity index (χ3n) is 3.89. The molecule has 0 saturated carbocycles. The molecule has 6 heteroatoms. The second kappa shape index (κ2) is 7.57. The molecule has 1 aromatic carbocycles. The van der Waals surface area contributed by atoms with Crippen molar-refractivity contribution in [2.75, 3.05) is 20.1 Å².